The SMILES string of the molecule is COC(=O)c1c(OCCN2CCCCC2)cc(=O)n2c1CCN(C/C=C/c1ccc(OC)cc1)CC2. The Labute approximate surface area is 213 Å². The highest BCUT2D eigenvalue weighted by Gasteiger charge is 2.26. The number of carbonyl (C=O) groups is 1. The van der Waals surface area contributed by atoms with Gasteiger partial charge in [0.05, 0.1) is 14.2 Å². The molecule has 2 aliphatic heterocycles. The van der Waals surface area contributed by atoms with Gasteiger partial charge >= 0.3 is 5.97 Å². The standard InChI is InChI=1S/C28H37N3O5/c1-34-23-10-8-22(9-11-23)7-6-15-30-16-12-24-27(28(33)35-2)25(21-26(32)31(24)18-17-30)36-20-19-29-13-4-3-5-14-29/h6-11,21H,3-5,12-20H2,1-2H3/b7-6+. The number of ether oxygens (including phenoxy) is 3. The maximum atomic E-state index is 13.0. The van der Waals surface area contributed by atoms with Crippen molar-refractivity contribution in [2.75, 3.05) is 60.1 Å². The van der Waals surface area contributed by atoms with Crippen molar-refractivity contribution in [1.82, 2.24) is 14.4 Å². The van der Waals surface area contributed by atoms with Crippen molar-refractivity contribution >= 4 is 12.0 Å². The topological polar surface area (TPSA) is 73.2 Å². The van der Waals surface area contributed by atoms with E-state index in [1.165, 1.54) is 32.4 Å². The first-order valence-electron chi connectivity index (χ1n) is 12.8. The van der Waals surface area contributed by atoms with Crippen LogP contribution in [0.1, 0.15) is 40.9 Å². The molecule has 1 saturated heterocycles. The van der Waals surface area contributed by atoms with E-state index in [0.29, 0.717) is 36.6 Å². The Morgan fingerprint density at radius 2 is 1.75 bits per heavy atom. The van der Waals surface area contributed by atoms with Crippen LogP contribution >= 0.6 is 0 Å². The maximum absolute atomic E-state index is 13.0. The Morgan fingerprint density at radius 3 is 2.47 bits per heavy atom. The van der Waals surface area contributed by atoms with Crippen LogP contribution in [0.15, 0.2) is 41.2 Å². The largest absolute Gasteiger partial charge is 0.497 e. The van der Waals surface area contributed by atoms with E-state index in [-0.39, 0.29) is 5.56 Å². The quantitative estimate of drug-likeness (QED) is 0.495. The molecule has 2 aliphatic rings. The molecule has 0 N–H and O–H groups in total. The fourth-order valence-corrected chi connectivity index (χ4v) is 4.93. The molecule has 3 heterocycles. The summed E-state index contributed by atoms with van der Waals surface area (Å²) in [5.41, 5.74) is 2.04. The van der Waals surface area contributed by atoms with Crippen LogP contribution in [0.4, 0.5) is 0 Å². The fraction of sp³-hybridized carbons (Fsp3) is 0.500. The van der Waals surface area contributed by atoms with E-state index in [1.54, 1.807) is 11.7 Å². The minimum Gasteiger partial charge on any atom is -0.497 e. The van der Waals surface area contributed by atoms with E-state index in [1.807, 2.05) is 24.3 Å². The number of pyridine rings is 1. The second kappa shape index (κ2) is 12.7. The average molecular weight is 496 g/mol. The first kappa shape index (κ1) is 26.0. The molecule has 1 aromatic carbocycles. The van der Waals surface area contributed by atoms with Gasteiger partial charge in [-0.1, -0.05) is 30.7 Å². The van der Waals surface area contributed by atoms with Crippen molar-refractivity contribution in [3.8, 4) is 11.5 Å². The van der Waals surface area contributed by atoms with Gasteiger partial charge in [-0.3, -0.25) is 14.6 Å². The number of aromatic nitrogens is 1. The number of nitrogens with zero attached hydrogens (tertiary/aromatic N) is 3. The van der Waals surface area contributed by atoms with Crippen molar-refractivity contribution < 1.29 is 19.0 Å². The molecule has 4 rings (SSSR count). The Balaban J connectivity index is 1.44. The van der Waals surface area contributed by atoms with Gasteiger partial charge in [0.15, 0.2) is 0 Å². The van der Waals surface area contributed by atoms with Crippen LogP contribution in [0, 0.1) is 0 Å². The minimum absolute atomic E-state index is 0.138. The average Bonchev–Trinajstić information content (AvgIpc) is 3.13. The normalized spacial score (nSPS) is 16.9. The first-order valence-corrected chi connectivity index (χ1v) is 12.8. The minimum atomic E-state index is -0.459. The fourth-order valence-electron chi connectivity index (χ4n) is 4.93. The van der Waals surface area contributed by atoms with Crippen molar-refractivity contribution in [1.29, 1.82) is 0 Å². The molecule has 194 valence electrons. The monoisotopic (exact) mass is 495 g/mol. The number of likely N-dealkylation sites (tertiary alicyclic amines) is 1. The van der Waals surface area contributed by atoms with Crippen molar-refractivity contribution in [3.63, 3.8) is 0 Å². The second-order valence-corrected chi connectivity index (χ2v) is 9.29. The zero-order chi connectivity index (χ0) is 25.3. The van der Waals surface area contributed by atoms with E-state index in [0.717, 1.165) is 50.6 Å². The van der Waals surface area contributed by atoms with Crippen LogP contribution in [-0.2, 0) is 17.7 Å². The lowest BCUT2D eigenvalue weighted by atomic mass is 10.1. The van der Waals surface area contributed by atoms with Crippen LogP contribution in [0.25, 0.3) is 6.08 Å². The lowest BCUT2D eigenvalue weighted by Crippen LogP contribution is -2.34. The summed E-state index contributed by atoms with van der Waals surface area (Å²) in [6.45, 7) is 6.08. The molecule has 1 fully saturated rings. The zero-order valence-electron chi connectivity index (χ0n) is 21.4. The molecule has 0 aliphatic carbocycles. The third-order valence-corrected chi connectivity index (χ3v) is 6.98. The lowest BCUT2D eigenvalue weighted by molar-refractivity contribution is 0.0592. The lowest BCUT2D eigenvalue weighted by Gasteiger charge is -2.26. The smallest absolute Gasteiger partial charge is 0.343 e. The number of methoxy groups -OCH3 is 2. The predicted molar refractivity (Wildman–Crippen MR) is 140 cm³/mol. The number of rotatable bonds is 9. The van der Waals surface area contributed by atoms with Crippen LogP contribution in [0.5, 0.6) is 11.5 Å². The van der Waals surface area contributed by atoms with Gasteiger partial charge in [-0.2, -0.15) is 0 Å². The van der Waals surface area contributed by atoms with Gasteiger partial charge in [-0.05, 0) is 43.6 Å². The van der Waals surface area contributed by atoms with Crippen LogP contribution < -0.4 is 15.0 Å². The summed E-state index contributed by atoms with van der Waals surface area (Å²) in [5.74, 6) is 0.710. The van der Waals surface area contributed by atoms with Gasteiger partial charge in [-0.15, -0.1) is 0 Å². The van der Waals surface area contributed by atoms with Crippen LogP contribution in [-0.4, -0.2) is 80.4 Å². The number of carbonyl (C=O) groups excluding carboxylic acids is 1. The van der Waals surface area contributed by atoms with Crippen molar-refractivity contribution in [2.45, 2.75) is 32.2 Å². The molecular formula is C28H37N3O5. The number of hydrogen-bond donors (Lipinski definition) is 0. The molecule has 0 radical (unpaired) electrons. The Kier molecular flexibility index (Phi) is 9.19. The summed E-state index contributed by atoms with van der Waals surface area (Å²) in [6, 6.07) is 9.36. The Hall–Kier alpha value is -3.10. The molecule has 0 atom stereocenters. The first-order chi connectivity index (χ1) is 17.6. The summed E-state index contributed by atoms with van der Waals surface area (Å²) in [6.07, 6.45) is 8.46. The van der Waals surface area contributed by atoms with E-state index in [9.17, 15) is 9.59 Å². The second-order valence-electron chi connectivity index (χ2n) is 9.29. The third kappa shape index (κ3) is 6.56. The molecule has 2 aromatic rings. The van der Waals surface area contributed by atoms with E-state index >= 15 is 0 Å². The van der Waals surface area contributed by atoms with E-state index in [4.69, 9.17) is 14.2 Å². The summed E-state index contributed by atoms with van der Waals surface area (Å²) in [4.78, 5) is 30.4. The highest BCUT2D eigenvalue weighted by atomic mass is 16.5. The predicted octanol–water partition coefficient (Wildman–Crippen LogP) is 3.08. The van der Waals surface area contributed by atoms with Crippen LogP contribution in [0.3, 0.4) is 0 Å². The van der Waals surface area contributed by atoms with E-state index < -0.39 is 5.97 Å². The summed E-state index contributed by atoms with van der Waals surface area (Å²) >= 11 is 0. The van der Waals surface area contributed by atoms with Gasteiger partial charge in [0.2, 0.25) is 0 Å². The van der Waals surface area contributed by atoms with Gasteiger partial charge in [0.25, 0.3) is 5.56 Å². The molecular weight excluding hydrogens is 458 g/mol. The van der Waals surface area contributed by atoms with Crippen molar-refractivity contribution in [2.24, 2.45) is 0 Å². The highest BCUT2D eigenvalue weighted by Crippen LogP contribution is 2.24. The number of fused-ring (bicyclic) bond motifs is 1. The highest BCUT2D eigenvalue weighted by molar-refractivity contribution is 5.93. The molecule has 0 amide bonds. The molecule has 36 heavy (non-hydrogen) atoms. The zero-order valence-corrected chi connectivity index (χ0v) is 21.4. The van der Waals surface area contributed by atoms with Crippen LogP contribution in [0.2, 0.25) is 0 Å². The number of hydrogen-bond acceptors (Lipinski definition) is 7. The molecule has 1 aromatic heterocycles. The molecule has 0 bridgehead atoms. The molecule has 0 saturated carbocycles. The van der Waals surface area contributed by atoms with Gasteiger partial charge in [0, 0.05) is 50.9 Å². The number of piperidine rings is 1. The van der Waals surface area contributed by atoms with Gasteiger partial charge < -0.3 is 18.8 Å². The summed E-state index contributed by atoms with van der Waals surface area (Å²) < 4.78 is 18.0. The van der Waals surface area contributed by atoms with Gasteiger partial charge in [-0.25, -0.2) is 4.79 Å². The Morgan fingerprint density at radius 1 is 0.972 bits per heavy atom. The molecule has 0 spiro atoms. The van der Waals surface area contributed by atoms with Crippen molar-refractivity contribution in [3.05, 3.63) is 63.6 Å². The van der Waals surface area contributed by atoms with E-state index in [2.05, 4.69) is 22.0 Å². The molecule has 8 nitrogen and oxygen atoms in total. The van der Waals surface area contributed by atoms with Gasteiger partial charge in [0.1, 0.15) is 23.7 Å². The molecule has 0 unspecified atom stereocenters. The number of esters is 1. The number of benzene rings is 1. The summed E-state index contributed by atoms with van der Waals surface area (Å²) in [5, 5.41) is 0. The third-order valence-electron chi connectivity index (χ3n) is 6.98. The molecule has 8 heteroatoms. The maximum Gasteiger partial charge on any atom is 0.343 e. The summed E-state index contributed by atoms with van der Waals surface area (Å²) in [7, 11) is 3.03. The Bertz CT molecular complexity index is 1100.